The summed E-state index contributed by atoms with van der Waals surface area (Å²) in [5.41, 5.74) is 2.14. The number of ether oxygens (including phenoxy) is 2. The highest BCUT2D eigenvalue weighted by atomic mass is 16.6. The molecule has 5 nitrogen and oxygen atoms in total. The third kappa shape index (κ3) is 4.97. The Labute approximate surface area is 106 Å². The van der Waals surface area contributed by atoms with Gasteiger partial charge in [0.25, 0.3) is 5.91 Å². The Morgan fingerprint density at radius 3 is 2.61 bits per heavy atom. The van der Waals surface area contributed by atoms with Crippen molar-refractivity contribution in [1.29, 1.82) is 0 Å². The molecule has 0 radical (unpaired) electrons. The average molecular weight is 251 g/mol. The second-order valence-corrected chi connectivity index (χ2v) is 3.80. The summed E-state index contributed by atoms with van der Waals surface area (Å²) < 4.78 is 9.26. The van der Waals surface area contributed by atoms with Crippen LogP contribution >= 0.6 is 0 Å². The normalized spacial score (nSPS) is 9.89. The summed E-state index contributed by atoms with van der Waals surface area (Å²) in [5, 5.41) is 2.68. The quantitative estimate of drug-likeness (QED) is 0.760. The molecular formula is C13H17NO4. The third-order valence-electron chi connectivity index (χ3n) is 2.36. The molecule has 0 aliphatic heterocycles. The van der Waals surface area contributed by atoms with E-state index < -0.39 is 5.97 Å². The van der Waals surface area contributed by atoms with Crippen molar-refractivity contribution in [2.24, 2.45) is 0 Å². The Kier molecular flexibility index (Phi) is 5.87. The molecule has 1 aromatic rings. The first-order valence-corrected chi connectivity index (χ1v) is 5.59. The Bertz CT molecular complexity index is 417. The van der Waals surface area contributed by atoms with Gasteiger partial charge in [0.2, 0.25) is 0 Å². The molecule has 0 aromatic heterocycles. The summed E-state index contributed by atoms with van der Waals surface area (Å²) in [5.74, 6) is -0.883. The molecule has 0 unspecified atom stereocenters. The molecule has 18 heavy (non-hydrogen) atoms. The largest absolute Gasteiger partial charge is 0.454 e. The monoisotopic (exact) mass is 251 g/mol. The van der Waals surface area contributed by atoms with Gasteiger partial charge in [-0.1, -0.05) is 24.3 Å². The average Bonchev–Trinajstić information content (AvgIpc) is 2.36. The van der Waals surface area contributed by atoms with Crippen LogP contribution in [0.3, 0.4) is 0 Å². The molecule has 0 heterocycles. The van der Waals surface area contributed by atoms with Crippen molar-refractivity contribution in [3.05, 3.63) is 35.4 Å². The summed E-state index contributed by atoms with van der Waals surface area (Å²) in [6.45, 7) is 1.96. The van der Waals surface area contributed by atoms with Crippen molar-refractivity contribution in [3.8, 4) is 0 Å². The first-order chi connectivity index (χ1) is 8.63. The number of hydrogen-bond donors (Lipinski definition) is 1. The summed E-state index contributed by atoms with van der Waals surface area (Å²) in [6, 6.07) is 7.76. The predicted molar refractivity (Wildman–Crippen MR) is 65.9 cm³/mol. The van der Waals surface area contributed by atoms with Gasteiger partial charge in [0.15, 0.2) is 6.61 Å². The van der Waals surface area contributed by atoms with Crippen LogP contribution in [0.2, 0.25) is 0 Å². The standard InChI is InChI=1S/C13H17NO4/c1-10-5-3-4-6-11(10)7-14-12(15)8-18-13(16)9-17-2/h3-6H,7-9H2,1-2H3,(H,14,15). The molecule has 1 N–H and O–H groups in total. The van der Waals surface area contributed by atoms with Crippen LogP contribution in [0.15, 0.2) is 24.3 Å². The van der Waals surface area contributed by atoms with E-state index in [4.69, 9.17) is 0 Å². The molecule has 5 heteroatoms. The van der Waals surface area contributed by atoms with Crippen molar-refractivity contribution in [2.45, 2.75) is 13.5 Å². The lowest BCUT2D eigenvalue weighted by molar-refractivity contribution is -0.152. The number of esters is 1. The van der Waals surface area contributed by atoms with Gasteiger partial charge in [-0.2, -0.15) is 0 Å². The van der Waals surface area contributed by atoms with E-state index in [0.29, 0.717) is 6.54 Å². The van der Waals surface area contributed by atoms with Gasteiger partial charge in [0.1, 0.15) is 6.61 Å². The SMILES string of the molecule is COCC(=O)OCC(=O)NCc1ccccc1C. The second-order valence-electron chi connectivity index (χ2n) is 3.80. The highest BCUT2D eigenvalue weighted by Gasteiger charge is 2.07. The number of benzene rings is 1. The van der Waals surface area contributed by atoms with E-state index in [9.17, 15) is 9.59 Å². The van der Waals surface area contributed by atoms with Gasteiger partial charge in [-0.25, -0.2) is 4.79 Å². The van der Waals surface area contributed by atoms with Gasteiger partial charge in [-0.05, 0) is 18.1 Å². The van der Waals surface area contributed by atoms with E-state index in [0.717, 1.165) is 11.1 Å². The van der Waals surface area contributed by atoms with Crippen LogP contribution in [0.25, 0.3) is 0 Å². The fourth-order valence-corrected chi connectivity index (χ4v) is 1.36. The lowest BCUT2D eigenvalue weighted by Gasteiger charge is -2.08. The van der Waals surface area contributed by atoms with Crippen LogP contribution in [0.1, 0.15) is 11.1 Å². The number of rotatable bonds is 6. The van der Waals surface area contributed by atoms with Crippen molar-refractivity contribution in [3.63, 3.8) is 0 Å². The molecule has 0 fully saturated rings. The fraction of sp³-hybridized carbons (Fsp3) is 0.385. The van der Waals surface area contributed by atoms with Crippen molar-refractivity contribution >= 4 is 11.9 Å². The number of nitrogens with one attached hydrogen (secondary N) is 1. The van der Waals surface area contributed by atoms with E-state index in [1.54, 1.807) is 0 Å². The Morgan fingerprint density at radius 2 is 1.94 bits per heavy atom. The minimum Gasteiger partial charge on any atom is -0.454 e. The minimum atomic E-state index is -0.552. The molecule has 1 aromatic carbocycles. The van der Waals surface area contributed by atoms with Crippen LogP contribution in [-0.2, 0) is 25.6 Å². The van der Waals surface area contributed by atoms with E-state index >= 15 is 0 Å². The van der Waals surface area contributed by atoms with Gasteiger partial charge in [-0.15, -0.1) is 0 Å². The van der Waals surface area contributed by atoms with Crippen LogP contribution in [0, 0.1) is 6.92 Å². The maximum Gasteiger partial charge on any atom is 0.332 e. The highest BCUT2D eigenvalue weighted by Crippen LogP contribution is 2.05. The topological polar surface area (TPSA) is 64.6 Å². The molecule has 0 saturated heterocycles. The molecule has 0 atom stereocenters. The summed E-state index contributed by atoms with van der Waals surface area (Å²) in [6.07, 6.45) is 0. The Hall–Kier alpha value is -1.88. The zero-order chi connectivity index (χ0) is 13.4. The smallest absolute Gasteiger partial charge is 0.332 e. The number of carbonyl (C=O) groups is 2. The third-order valence-corrected chi connectivity index (χ3v) is 2.36. The van der Waals surface area contributed by atoms with Crippen LogP contribution in [0.5, 0.6) is 0 Å². The van der Waals surface area contributed by atoms with Crippen molar-refractivity contribution in [1.82, 2.24) is 5.32 Å². The molecule has 0 aliphatic carbocycles. The number of aryl methyl sites for hydroxylation is 1. The van der Waals surface area contributed by atoms with E-state index in [2.05, 4.69) is 14.8 Å². The predicted octanol–water partition coefficient (Wildman–Crippen LogP) is 0.801. The minimum absolute atomic E-state index is 0.148. The number of amides is 1. The van der Waals surface area contributed by atoms with E-state index in [1.165, 1.54) is 7.11 Å². The van der Waals surface area contributed by atoms with Crippen LogP contribution < -0.4 is 5.32 Å². The summed E-state index contributed by atoms with van der Waals surface area (Å²) >= 11 is 0. The van der Waals surface area contributed by atoms with Crippen molar-refractivity contribution < 1.29 is 19.1 Å². The molecule has 0 spiro atoms. The molecule has 98 valence electrons. The number of methoxy groups -OCH3 is 1. The maximum absolute atomic E-state index is 11.4. The summed E-state index contributed by atoms with van der Waals surface area (Å²) in [4.78, 5) is 22.4. The maximum atomic E-state index is 11.4. The molecule has 0 aliphatic rings. The zero-order valence-corrected chi connectivity index (χ0v) is 10.6. The zero-order valence-electron chi connectivity index (χ0n) is 10.6. The van der Waals surface area contributed by atoms with Crippen molar-refractivity contribution in [2.75, 3.05) is 20.3 Å². The first-order valence-electron chi connectivity index (χ1n) is 5.59. The lowest BCUT2D eigenvalue weighted by atomic mass is 10.1. The molecule has 1 amide bonds. The lowest BCUT2D eigenvalue weighted by Crippen LogP contribution is -2.29. The Balaban J connectivity index is 2.29. The van der Waals surface area contributed by atoms with Gasteiger partial charge in [0.05, 0.1) is 0 Å². The van der Waals surface area contributed by atoms with Gasteiger partial charge in [-0.3, -0.25) is 4.79 Å². The number of hydrogen-bond acceptors (Lipinski definition) is 4. The molecule has 0 bridgehead atoms. The first kappa shape index (κ1) is 14.2. The fourth-order valence-electron chi connectivity index (χ4n) is 1.36. The van der Waals surface area contributed by atoms with E-state index in [1.807, 2.05) is 31.2 Å². The van der Waals surface area contributed by atoms with Gasteiger partial charge < -0.3 is 14.8 Å². The van der Waals surface area contributed by atoms with Gasteiger partial charge >= 0.3 is 5.97 Å². The highest BCUT2D eigenvalue weighted by molar-refractivity contribution is 5.80. The van der Waals surface area contributed by atoms with Crippen LogP contribution in [-0.4, -0.2) is 32.2 Å². The molecular weight excluding hydrogens is 234 g/mol. The molecule has 1 rings (SSSR count). The Morgan fingerprint density at radius 1 is 1.22 bits per heavy atom. The summed E-state index contributed by atoms with van der Waals surface area (Å²) in [7, 11) is 1.39. The number of carbonyl (C=O) groups excluding carboxylic acids is 2. The second kappa shape index (κ2) is 7.45. The van der Waals surface area contributed by atoms with E-state index in [-0.39, 0.29) is 19.1 Å². The molecule has 0 saturated carbocycles. The van der Waals surface area contributed by atoms with Gasteiger partial charge in [0, 0.05) is 13.7 Å². The van der Waals surface area contributed by atoms with Crippen LogP contribution in [0.4, 0.5) is 0 Å².